The van der Waals surface area contributed by atoms with Gasteiger partial charge >= 0.3 is 0 Å². The van der Waals surface area contributed by atoms with Gasteiger partial charge in [0, 0.05) is 26.8 Å². The summed E-state index contributed by atoms with van der Waals surface area (Å²) in [6.45, 7) is 2.18. The summed E-state index contributed by atoms with van der Waals surface area (Å²) < 4.78 is 2.73. The summed E-state index contributed by atoms with van der Waals surface area (Å²) in [6.07, 6.45) is 3.24. The number of para-hydroxylation sites is 2. The Morgan fingerprint density at radius 2 is 1.42 bits per heavy atom. The van der Waals surface area contributed by atoms with E-state index in [4.69, 9.17) is 0 Å². The van der Waals surface area contributed by atoms with Gasteiger partial charge in [-0.15, -0.1) is 11.3 Å². The van der Waals surface area contributed by atoms with Crippen molar-refractivity contribution in [1.29, 1.82) is 0 Å². The van der Waals surface area contributed by atoms with Gasteiger partial charge in [-0.2, -0.15) is 11.8 Å². The first-order chi connectivity index (χ1) is 15.3. The molecule has 0 N–H and O–H groups in total. The average Bonchev–Trinajstić information content (AvgIpc) is 3.17. The third-order valence-electron chi connectivity index (χ3n) is 5.68. The molecule has 1 heterocycles. The van der Waals surface area contributed by atoms with Gasteiger partial charge in [0.25, 0.3) is 0 Å². The molecular weight excluding hydrogens is 414 g/mol. The molecule has 0 amide bonds. The van der Waals surface area contributed by atoms with Crippen LogP contribution in [0.1, 0.15) is 11.1 Å². The highest BCUT2D eigenvalue weighted by Gasteiger charge is 2.21. The fourth-order valence-corrected chi connectivity index (χ4v) is 5.98. The second-order valence-electron chi connectivity index (χ2n) is 7.80. The number of rotatable bonds is 6. The van der Waals surface area contributed by atoms with Crippen molar-refractivity contribution in [3.63, 3.8) is 0 Å². The monoisotopic (exact) mass is 439 g/mol. The van der Waals surface area contributed by atoms with Gasteiger partial charge in [0.2, 0.25) is 0 Å². The maximum Gasteiger partial charge on any atom is 0.0672 e. The average molecular weight is 440 g/mol. The van der Waals surface area contributed by atoms with Crippen molar-refractivity contribution in [3.8, 4) is 0 Å². The number of aryl methyl sites for hydroxylation is 2. The van der Waals surface area contributed by atoms with Crippen molar-refractivity contribution in [1.82, 2.24) is 0 Å². The van der Waals surface area contributed by atoms with Crippen LogP contribution in [-0.2, 0) is 6.42 Å². The molecule has 4 aromatic carbocycles. The highest BCUT2D eigenvalue weighted by atomic mass is 32.2. The molecule has 1 aromatic heterocycles. The lowest BCUT2D eigenvalue weighted by Crippen LogP contribution is -2.12. The van der Waals surface area contributed by atoms with Crippen LogP contribution in [0.25, 0.3) is 20.2 Å². The number of thioether (sulfide) groups is 1. The Morgan fingerprint density at radius 1 is 0.774 bits per heavy atom. The Hall–Kier alpha value is -2.75. The van der Waals surface area contributed by atoms with Crippen LogP contribution in [0.2, 0.25) is 0 Å². The zero-order valence-corrected chi connectivity index (χ0v) is 19.5. The van der Waals surface area contributed by atoms with Crippen LogP contribution >= 0.6 is 23.1 Å². The van der Waals surface area contributed by atoms with Gasteiger partial charge in [0.1, 0.15) is 0 Å². The minimum atomic E-state index is 1.05. The normalized spacial score (nSPS) is 11.3. The Balaban J connectivity index is 1.85. The zero-order valence-electron chi connectivity index (χ0n) is 17.8. The Bertz CT molecular complexity index is 1280. The van der Waals surface area contributed by atoms with Gasteiger partial charge < -0.3 is 4.90 Å². The molecule has 31 heavy (non-hydrogen) atoms. The van der Waals surface area contributed by atoms with Crippen LogP contribution in [0.5, 0.6) is 0 Å². The number of hydrogen-bond acceptors (Lipinski definition) is 3. The molecule has 0 bridgehead atoms. The first kappa shape index (κ1) is 20.2. The van der Waals surface area contributed by atoms with Crippen molar-refractivity contribution in [3.05, 3.63) is 102 Å². The molecule has 0 radical (unpaired) electrons. The molecule has 5 aromatic rings. The van der Waals surface area contributed by atoms with Gasteiger partial charge in [-0.05, 0) is 66.8 Å². The number of thiophene rings is 1. The van der Waals surface area contributed by atoms with Gasteiger partial charge in [0.05, 0.1) is 10.4 Å². The lowest BCUT2D eigenvalue weighted by molar-refractivity contribution is 1.14. The summed E-state index contributed by atoms with van der Waals surface area (Å²) in [5.41, 5.74) is 6.42. The van der Waals surface area contributed by atoms with E-state index >= 15 is 0 Å². The SMILES string of the molecule is CSCCc1ccc2c(sc3cc(C)ccc32)c1N(c1ccccc1)c1ccccc1. The topological polar surface area (TPSA) is 3.24 Å². The largest absolute Gasteiger partial charge is 0.309 e. The third-order valence-corrected chi connectivity index (χ3v) is 7.47. The molecule has 0 atom stereocenters. The van der Waals surface area contributed by atoms with Crippen molar-refractivity contribution >= 4 is 60.3 Å². The number of hydrogen-bond donors (Lipinski definition) is 0. The maximum atomic E-state index is 2.44. The molecule has 0 aliphatic carbocycles. The van der Waals surface area contributed by atoms with E-state index < -0.39 is 0 Å². The van der Waals surface area contributed by atoms with Gasteiger partial charge in [0.15, 0.2) is 0 Å². The van der Waals surface area contributed by atoms with Crippen LogP contribution in [0.4, 0.5) is 17.1 Å². The fraction of sp³-hybridized carbons (Fsp3) is 0.143. The summed E-state index contributed by atoms with van der Waals surface area (Å²) in [6, 6.07) is 33.0. The molecule has 5 rings (SSSR count). The minimum Gasteiger partial charge on any atom is -0.309 e. The molecular formula is C28H25NS2. The van der Waals surface area contributed by atoms with Crippen molar-refractivity contribution in [2.24, 2.45) is 0 Å². The standard InChI is InChI=1S/C28H25NS2/c1-20-13-15-24-25-16-14-21(17-18-30-2)27(28(25)31-26(24)19-20)29(22-9-5-3-6-10-22)23-11-7-4-8-12-23/h3-16,19H,17-18H2,1-2H3. The highest BCUT2D eigenvalue weighted by molar-refractivity contribution is 7.98. The summed E-state index contributed by atoms with van der Waals surface area (Å²) in [5, 5.41) is 2.70. The second-order valence-corrected chi connectivity index (χ2v) is 9.84. The summed E-state index contributed by atoms with van der Waals surface area (Å²) in [4.78, 5) is 2.44. The maximum absolute atomic E-state index is 2.44. The third kappa shape index (κ3) is 3.84. The van der Waals surface area contributed by atoms with E-state index in [1.54, 1.807) is 0 Å². The van der Waals surface area contributed by atoms with E-state index in [9.17, 15) is 0 Å². The number of benzene rings is 4. The number of nitrogens with zero attached hydrogens (tertiary/aromatic N) is 1. The van der Waals surface area contributed by atoms with Gasteiger partial charge in [-0.1, -0.05) is 60.7 Å². The van der Waals surface area contributed by atoms with Gasteiger partial charge in [-0.25, -0.2) is 0 Å². The lowest BCUT2D eigenvalue weighted by Gasteiger charge is -2.28. The van der Waals surface area contributed by atoms with Crippen molar-refractivity contribution in [2.75, 3.05) is 16.9 Å². The van der Waals surface area contributed by atoms with Crippen molar-refractivity contribution < 1.29 is 0 Å². The molecule has 0 aliphatic heterocycles. The van der Waals surface area contributed by atoms with E-state index in [0.717, 1.165) is 12.2 Å². The Morgan fingerprint density at radius 3 is 2.06 bits per heavy atom. The fourth-order valence-electron chi connectivity index (χ4n) is 4.19. The first-order valence-corrected chi connectivity index (χ1v) is 12.8. The van der Waals surface area contributed by atoms with Crippen LogP contribution in [0.3, 0.4) is 0 Å². The number of fused-ring (bicyclic) bond motifs is 3. The molecule has 0 saturated carbocycles. The predicted octanol–water partition coefficient (Wildman–Crippen LogP) is 8.74. The summed E-state index contributed by atoms with van der Waals surface area (Å²) in [5.74, 6) is 1.11. The summed E-state index contributed by atoms with van der Waals surface area (Å²) >= 11 is 3.83. The molecule has 0 aliphatic rings. The molecule has 0 unspecified atom stereocenters. The van der Waals surface area contributed by atoms with E-state index in [0.29, 0.717) is 0 Å². The quantitative estimate of drug-likeness (QED) is 0.260. The van der Waals surface area contributed by atoms with Crippen LogP contribution < -0.4 is 4.90 Å². The van der Waals surface area contributed by atoms with Crippen molar-refractivity contribution in [2.45, 2.75) is 13.3 Å². The molecule has 0 fully saturated rings. The van der Waals surface area contributed by atoms with E-state index in [2.05, 4.69) is 109 Å². The molecule has 3 heteroatoms. The van der Waals surface area contributed by atoms with E-state index in [1.165, 1.54) is 48.4 Å². The Kier molecular flexibility index (Phi) is 5.71. The van der Waals surface area contributed by atoms with E-state index in [1.807, 2.05) is 23.1 Å². The predicted molar refractivity (Wildman–Crippen MR) is 141 cm³/mol. The number of anilines is 3. The molecule has 0 saturated heterocycles. The first-order valence-electron chi connectivity index (χ1n) is 10.6. The van der Waals surface area contributed by atoms with E-state index in [-0.39, 0.29) is 0 Å². The van der Waals surface area contributed by atoms with Crippen LogP contribution in [-0.4, -0.2) is 12.0 Å². The van der Waals surface area contributed by atoms with Gasteiger partial charge in [-0.3, -0.25) is 0 Å². The summed E-state index contributed by atoms with van der Waals surface area (Å²) in [7, 11) is 0. The molecule has 1 nitrogen and oxygen atoms in total. The Labute approximate surface area is 192 Å². The highest BCUT2D eigenvalue weighted by Crippen LogP contribution is 2.46. The molecule has 154 valence electrons. The zero-order chi connectivity index (χ0) is 21.2. The lowest BCUT2D eigenvalue weighted by atomic mass is 10.0. The van der Waals surface area contributed by atoms with Crippen LogP contribution in [0.15, 0.2) is 91.0 Å². The molecule has 0 spiro atoms. The minimum absolute atomic E-state index is 1.05. The van der Waals surface area contributed by atoms with Crippen LogP contribution in [0, 0.1) is 6.92 Å². The smallest absolute Gasteiger partial charge is 0.0672 e. The second kappa shape index (κ2) is 8.78.